The number of nitrogens with zero attached hydrogens (tertiary/aromatic N) is 1. The summed E-state index contributed by atoms with van der Waals surface area (Å²) in [5.74, 6) is 0.309. The van der Waals surface area contributed by atoms with E-state index in [1.54, 1.807) is 4.90 Å². The minimum atomic E-state index is -0.552. The van der Waals surface area contributed by atoms with Crippen LogP contribution in [0.2, 0.25) is 0 Å². The Balaban J connectivity index is 2.16. The average Bonchev–Trinajstić information content (AvgIpc) is 2.77. The van der Waals surface area contributed by atoms with Gasteiger partial charge in [-0.15, -0.1) is 0 Å². The number of benzene rings is 2. The Morgan fingerprint density at radius 3 is 2.12 bits per heavy atom. The fraction of sp³-hybridized carbons (Fsp3) is 0.481. The Morgan fingerprint density at radius 2 is 1.59 bits per heavy atom. The summed E-state index contributed by atoms with van der Waals surface area (Å²) in [5.41, 5.74) is 2.23. The monoisotopic (exact) mass is 438 g/mol. The third-order valence-corrected chi connectivity index (χ3v) is 5.67. The second kappa shape index (κ2) is 11.7. The minimum Gasteiger partial charge on any atom is -0.484 e. The van der Waals surface area contributed by atoms with Crippen LogP contribution in [0.1, 0.15) is 65.5 Å². The predicted molar refractivity (Wildman–Crippen MR) is 130 cm³/mol. The molecular formula is C27H38N2O3. The Labute approximate surface area is 193 Å². The van der Waals surface area contributed by atoms with Crippen LogP contribution in [-0.2, 0) is 21.5 Å². The third-order valence-electron chi connectivity index (χ3n) is 5.67. The third kappa shape index (κ3) is 7.40. The summed E-state index contributed by atoms with van der Waals surface area (Å²) in [6.07, 6.45) is 1.36. The van der Waals surface area contributed by atoms with Crippen LogP contribution < -0.4 is 10.1 Å². The van der Waals surface area contributed by atoms with E-state index in [9.17, 15) is 9.59 Å². The number of hydrogen-bond acceptors (Lipinski definition) is 3. The second-order valence-electron chi connectivity index (χ2n) is 9.31. The summed E-state index contributed by atoms with van der Waals surface area (Å²) in [5, 5.41) is 3.02. The quantitative estimate of drug-likeness (QED) is 0.562. The Morgan fingerprint density at radius 1 is 0.969 bits per heavy atom. The van der Waals surface area contributed by atoms with Crippen molar-refractivity contribution in [3.05, 3.63) is 65.7 Å². The highest BCUT2D eigenvalue weighted by atomic mass is 16.5. The van der Waals surface area contributed by atoms with Crippen molar-refractivity contribution in [1.82, 2.24) is 10.2 Å². The molecular weight excluding hydrogens is 400 g/mol. The Kier molecular flexibility index (Phi) is 9.30. The number of ether oxygens (including phenoxy) is 1. The smallest absolute Gasteiger partial charge is 0.261 e. The van der Waals surface area contributed by atoms with Crippen molar-refractivity contribution in [2.75, 3.05) is 6.61 Å². The van der Waals surface area contributed by atoms with E-state index in [0.29, 0.717) is 18.7 Å². The molecule has 1 N–H and O–H groups in total. The first-order chi connectivity index (χ1) is 15.2. The van der Waals surface area contributed by atoms with Gasteiger partial charge in [0.2, 0.25) is 5.91 Å². The van der Waals surface area contributed by atoms with Crippen molar-refractivity contribution in [3.63, 3.8) is 0 Å². The number of carbonyl (C=O) groups is 2. The number of amides is 2. The van der Waals surface area contributed by atoms with Crippen molar-refractivity contribution in [3.8, 4) is 5.75 Å². The van der Waals surface area contributed by atoms with E-state index >= 15 is 0 Å². The molecule has 0 fully saturated rings. The molecule has 0 radical (unpaired) electrons. The first-order valence-electron chi connectivity index (χ1n) is 11.5. The molecule has 0 aromatic heterocycles. The normalized spacial score (nSPS) is 13.2. The molecule has 0 aliphatic carbocycles. The molecule has 2 amide bonds. The van der Waals surface area contributed by atoms with Crippen molar-refractivity contribution < 1.29 is 14.3 Å². The van der Waals surface area contributed by atoms with E-state index in [1.807, 2.05) is 75.4 Å². The highest BCUT2D eigenvalue weighted by Gasteiger charge is 2.29. The van der Waals surface area contributed by atoms with Crippen LogP contribution in [-0.4, -0.2) is 35.4 Å². The zero-order chi connectivity index (χ0) is 23.7. The summed E-state index contributed by atoms with van der Waals surface area (Å²) in [6, 6.07) is 17.1. The van der Waals surface area contributed by atoms with Gasteiger partial charge in [0.05, 0.1) is 0 Å². The van der Waals surface area contributed by atoms with Gasteiger partial charge < -0.3 is 15.0 Å². The molecule has 5 nitrogen and oxygen atoms in total. The van der Waals surface area contributed by atoms with Gasteiger partial charge in [-0.1, -0.05) is 77.1 Å². The maximum atomic E-state index is 13.2. The fourth-order valence-corrected chi connectivity index (χ4v) is 3.42. The van der Waals surface area contributed by atoms with Gasteiger partial charge >= 0.3 is 0 Å². The van der Waals surface area contributed by atoms with Gasteiger partial charge in [0.15, 0.2) is 6.61 Å². The fourth-order valence-electron chi connectivity index (χ4n) is 3.42. The highest BCUT2D eigenvalue weighted by molar-refractivity contribution is 5.88. The van der Waals surface area contributed by atoms with Crippen LogP contribution in [0.25, 0.3) is 0 Å². The van der Waals surface area contributed by atoms with Crippen molar-refractivity contribution in [2.45, 2.75) is 78.4 Å². The lowest BCUT2D eigenvalue weighted by atomic mass is 9.87. The molecule has 0 unspecified atom stereocenters. The van der Waals surface area contributed by atoms with Crippen LogP contribution in [0.15, 0.2) is 54.6 Å². The summed E-state index contributed by atoms with van der Waals surface area (Å²) >= 11 is 0. The van der Waals surface area contributed by atoms with Gasteiger partial charge in [0.25, 0.3) is 5.91 Å². The molecule has 174 valence electrons. The molecule has 0 saturated carbocycles. The van der Waals surface area contributed by atoms with Crippen LogP contribution in [0.4, 0.5) is 0 Å². The second-order valence-corrected chi connectivity index (χ2v) is 9.31. The molecule has 32 heavy (non-hydrogen) atoms. The number of rotatable bonds is 10. The lowest BCUT2D eigenvalue weighted by Gasteiger charge is -2.31. The minimum absolute atomic E-state index is 0.0537. The van der Waals surface area contributed by atoms with Crippen molar-refractivity contribution in [1.29, 1.82) is 0 Å². The SMILES string of the molecule is CC[C@@H](C)NC(=O)[C@@H](CC)N(Cc1ccccc1)C(=O)COc1ccc(C(C)(C)C)cc1. The molecule has 2 aromatic rings. The topological polar surface area (TPSA) is 58.6 Å². The largest absolute Gasteiger partial charge is 0.484 e. The zero-order valence-electron chi connectivity index (χ0n) is 20.4. The van der Waals surface area contributed by atoms with E-state index in [2.05, 4.69) is 26.1 Å². The number of carbonyl (C=O) groups excluding carboxylic acids is 2. The predicted octanol–water partition coefficient (Wildman–Crippen LogP) is 5.09. The van der Waals surface area contributed by atoms with Crippen LogP contribution in [0.5, 0.6) is 5.75 Å². The molecule has 0 aliphatic heterocycles. The molecule has 0 saturated heterocycles. The molecule has 2 atom stereocenters. The highest BCUT2D eigenvalue weighted by Crippen LogP contribution is 2.24. The lowest BCUT2D eigenvalue weighted by molar-refractivity contribution is -0.143. The van der Waals surface area contributed by atoms with Crippen LogP contribution in [0, 0.1) is 0 Å². The summed E-state index contributed by atoms with van der Waals surface area (Å²) < 4.78 is 5.81. The van der Waals surface area contributed by atoms with Crippen molar-refractivity contribution in [2.24, 2.45) is 0 Å². The Bertz CT molecular complexity index is 857. The van der Waals surface area contributed by atoms with Gasteiger partial charge in [-0.3, -0.25) is 9.59 Å². The molecule has 5 heteroatoms. The van der Waals surface area contributed by atoms with Gasteiger partial charge in [-0.2, -0.15) is 0 Å². The summed E-state index contributed by atoms with van der Waals surface area (Å²) in [6.45, 7) is 12.6. The molecule has 2 aromatic carbocycles. The maximum absolute atomic E-state index is 13.2. The first-order valence-corrected chi connectivity index (χ1v) is 11.5. The van der Waals surface area contributed by atoms with E-state index in [-0.39, 0.29) is 29.9 Å². The van der Waals surface area contributed by atoms with Gasteiger partial charge in [0.1, 0.15) is 11.8 Å². The molecule has 0 bridgehead atoms. The first kappa shape index (κ1) is 25.4. The van der Waals surface area contributed by atoms with E-state index in [4.69, 9.17) is 4.74 Å². The van der Waals surface area contributed by atoms with Crippen LogP contribution in [0.3, 0.4) is 0 Å². The Hall–Kier alpha value is -2.82. The van der Waals surface area contributed by atoms with Gasteiger partial charge in [-0.05, 0) is 48.4 Å². The van der Waals surface area contributed by atoms with Crippen LogP contribution >= 0.6 is 0 Å². The molecule has 0 heterocycles. The molecule has 2 rings (SSSR count). The van der Waals surface area contributed by atoms with Crippen molar-refractivity contribution >= 4 is 11.8 Å². The summed E-state index contributed by atoms with van der Waals surface area (Å²) in [7, 11) is 0. The van der Waals surface area contributed by atoms with E-state index in [1.165, 1.54) is 5.56 Å². The maximum Gasteiger partial charge on any atom is 0.261 e. The van der Waals surface area contributed by atoms with Gasteiger partial charge in [0, 0.05) is 12.6 Å². The molecule has 0 aliphatic rings. The number of nitrogens with one attached hydrogen (secondary N) is 1. The van der Waals surface area contributed by atoms with E-state index < -0.39 is 6.04 Å². The standard InChI is InChI=1S/C27H38N2O3/c1-7-20(3)28-26(31)24(8-2)29(18-21-12-10-9-11-13-21)25(30)19-32-23-16-14-22(15-17-23)27(4,5)6/h9-17,20,24H,7-8,18-19H2,1-6H3,(H,28,31)/t20-,24-/m1/s1. The van der Waals surface area contributed by atoms with Gasteiger partial charge in [-0.25, -0.2) is 0 Å². The van der Waals surface area contributed by atoms with E-state index in [0.717, 1.165) is 12.0 Å². The average molecular weight is 439 g/mol. The zero-order valence-corrected chi connectivity index (χ0v) is 20.4. The lowest BCUT2D eigenvalue weighted by Crippen LogP contribution is -2.51. The molecule has 0 spiro atoms. The summed E-state index contributed by atoms with van der Waals surface area (Å²) in [4.78, 5) is 27.8. The number of hydrogen-bond donors (Lipinski definition) is 1.